The SMILES string of the molecule is COc1ccc(CNC(=S)Nc2nc(N3CCC[C@@H](C)C3)cc(N3CCC[C@@H](C)C3)n2)cc1. The molecule has 2 atom stereocenters. The van der Waals surface area contributed by atoms with Gasteiger partial charge in [-0.15, -0.1) is 0 Å². The van der Waals surface area contributed by atoms with Gasteiger partial charge in [0, 0.05) is 38.8 Å². The van der Waals surface area contributed by atoms with Gasteiger partial charge >= 0.3 is 0 Å². The summed E-state index contributed by atoms with van der Waals surface area (Å²) in [4.78, 5) is 14.5. The molecule has 0 bridgehead atoms. The molecule has 2 saturated heterocycles. The molecule has 0 saturated carbocycles. The van der Waals surface area contributed by atoms with Crippen LogP contribution in [0.1, 0.15) is 45.1 Å². The van der Waals surface area contributed by atoms with Crippen LogP contribution in [-0.2, 0) is 6.54 Å². The third kappa shape index (κ3) is 6.47. The normalized spacial score (nSPS) is 20.9. The maximum atomic E-state index is 5.57. The maximum absolute atomic E-state index is 5.57. The van der Waals surface area contributed by atoms with Crippen molar-refractivity contribution in [2.45, 2.75) is 46.1 Å². The number of benzene rings is 1. The minimum absolute atomic E-state index is 0.521. The van der Waals surface area contributed by atoms with Gasteiger partial charge in [-0.1, -0.05) is 26.0 Å². The molecule has 0 radical (unpaired) electrons. The summed E-state index contributed by atoms with van der Waals surface area (Å²) in [7, 11) is 1.67. The van der Waals surface area contributed by atoms with Crippen molar-refractivity contribution in [2.24, 2.45) is 11.8 Å². The lowest BCUT2D eigenvalue weighted by Crippen LogP contribution is -2.37. The monoisotopic (exact) mass is 468 g/mol. The van der Waals surface area contributed by atoms with Crippen molar-refractivity contribution in [1.82, 2.24) is 15.3 Å². The van der Waals surface area contributed by atoms with Crippen molar-refractivity contribution in [3.05, 3.63) is 35.9 Å². The first-order valence-corrected chi connectivity index (χ1v) is 12.5. The van der Waals surface area contributed by atoms with Gasteiger partial charge in [0.25, 0.3) is 0 Å². The first-order chi connectivity index (χ1) is 16.0. The lowest BCUT2D eigenvalue weighted by Gasteiger charge is -2.35. The van der Waals surface area contributed by atoms with Crippen molar-refractivity contribution in [3.63, 3.8) is 0 Å². The summed E-state index contributed by atoms with van der Waals surface area (Å²) in [5.74, 6) is 4.74. The molecule has 3 heterocycles. The number of ether oxygens (including phenoxy) is 1. The molecule has 1 aromatic carbocycles. The van der Waals surface area contributed by atoms with Crippen molar-refractivity contribution >= 4 is 34.9 Å². The van der Waals surface area contributed by atoms with E-state index in [9.17, 15) is 0 Å². The van der Waals surface area contributed by atoms with Gasteiger partial charge in [0.2, 0.25) is 5.95 Å². The minimum atomic E-state index is 0.521. The molecule has 2 N–H and O–H groups in total. The number of rotatable bonds is 6. The molecule has 2 aliphatic heterocycles. The number of hydrogen-bond acceptors (Lipinski definition) is 6. The predicted octanol–water partition coefficient (Wildman–Crippen LogP) is 4.44. The van der Waals surface area contributed by atoms with Crippen molar-refractivity contribution in [2.75, 3.05) is 48.4 Å². The molecule has 33 heavy (non-hydrogen) atoms. The molecule has 178 valence electrons. The quantitative estimate of drug-likeness (QED) is 0.603. The number of hydrogen-bond donors (Lipinski definition) is 2. The zero-order valence-corrected chi connectivity index (χ0v) is 20.8. The molecular weight excluding hydrogens is 432 g/mol. The van der Waals surface area contributed by atoms with Crippen LogP contribution in [0.25, 0.3) is 0 Å². The van der Waals surface area contributed by atoms with Gasteiger partial charge in [-0.05, 0) is 67.4 Å². The standard InChI is InChI=1S/C25H36N6OS/c1-18-6-4-12-30(16-18)22-14-23(31-13-5-7-19(2)17-31)28-24(27-22)29-25(33)26-15-20-8-10-21(32-3)11-9-20/h8-11,14,18-19H,4-7,12-13,15-17H2,1-3H3,(H2,26,27,28,29,33)/t18-,19-/m1/s1. The highest BCUT2D eigenvalue weighted by Gasteiger charge is 2.23. The molecule has 8 heteroatoms. The van der Waals surface area contributed by atoms with E-state index in [0.29, 0.717) is 29.4 Å². The summed E-state index contributed by atoms with van der Waals surface area (Å²) in [6, 6.07) is 10.1. The molecule has 2 aliphatic rings. The second-order valence-electron chi connectivity index (χ2n) is 9.45. The number of thiocarbonyl (C=S) groups is 1. The lowest BCUT2D eigenvalue weighted by molar-refractivity contribution is 0.414. The Labute approximate surface area is 202 Å². The number of nitrogens with one attached hydrogen (secondary N) is 2. The zero-order valence-electron chi connectivity index (χ0n) is 20.0. The van der Waals surface area contributed by atoms with Crippen LogP contribution in [0.15, 0.2) is 30.3 Å². The molecule has 0 aliphatic carbocycles. The molecular formula is C25H36N6OS. The van der Waals surface area contributed by atoms with E-state index in [1.54, 1.807) is 7.11 Å². The second kappa shape index (κ2) is 11.0. The van der Waals surface area contributed by atoms with Crippen LogP contribution >= 0.6 is 12.2 Å². The van der Waals surface area contributed by atoms with Crippen LogP contribution in [0, 0.1) is 11.8 Å². The Hall–Kier alpha value is -2.61. The molecule has 0 spiro atoms. The number of aromatic nitrogens is 2. The number of methoxy groups -OCH3 is 1. The third-order valence-corrected chi connectivity index (χ3v) is 6.74. The summed E-state index contributed by atoms with van der Waals surface area (Å²) in [6.45, 7) is 9.40. The van der Waals surface area contributed by atoms with E-state index in [1.165, 1.54) is 25.7 Å². The Balaban J connectivity index is 1.48. The average Bonchev–Trinajstić information content (AvgIpc) is 2.83. The van der Waals surface area contributed by atoms with Crippen molar-refractivity contribution < 1.29 is 4.74 Å². The van der Waals surface area contributed by atoms with E-state index >= 15 is 0 Å². The average molecular weight is 469 g/mol. The molecule has 7 nitrogen and oxygen atoms in total. The van der Waals surface area contributed by atoms with Gasteiger partial charge < -0.3 is 25.2 Å². The van der Waals surface area contributed by atoms with E-state index in [2.05, 4.69) is 40.3 Å². The number of piperidine rings is 2. The van der Waals surface area contributed by atoms with Gasteiger partial charge in [0.1, 0.15) is 17.4 Å². The first-order valence-electron chi connectivity index (χ1n) is 12.1. The fraction of sp³-hybridized carbons (Fsp3) is 0.560. The van der Waals surface area contributed by atoms with E-state index in [4.69, 9.17) is 26.9 Å². The first kappa shape index (κ1) is 23.5. The predicted molar refractivity (Wildman–Crippen MR) is 139 cm³/mol. The van der Waals surface area contributed by atoms with Crippen LogP contribution in [0.4, 0.5) is 17.6 Å². The highest BCUT2D eigenvalue weighted by molar-refractivity contribution is 7.80. The Morgan fingerprint density at radius 3 is 2.09 bits per heavy atom. The highest BCUT2D eigenvalue weighted by Crippen LogP contribution is 2.28. The fourth-order valence-electron chi connectivity index (χ4n) is 4.67. The molecule has 1 aromatic heterocycles. The van der Waals surface area contributed by atoms with Crippen LogP contribution < -0.4 is 25.2 Å². The molecule has 0 amide bonds. The third-order valence-electron chi connectivity index (χ3n) is 6.50. The summed E-state index contributed by atoms with van der Waals surface area (Å²) in [6.07, 6.45) is 4.96. The van der Waals surface area contributed by atoms with Crippen LogP contribution in [0.3, 0.4) is 0 Å². The Morgan fingerprint density at radius 1 is 1.00 bits per heavy atom. The lowest BCUT2D eigenvalue weighted by atomic mass is 10.00. The Kier molecular flexibility index (Phi) is 7.85. The van der Waals surface area contributed by atoms with Gasteiger partial charge in [0.15, 0.2) is 5.11 Å². The van der Waals surface area contributed by atoms with Gasteiger partial charge in [-0.3, -0.25) is 0 Å². The van der Waals surface area contributed by atoms with Crippen LogP contribution in [0.2, 0.25) is 0 Å². The van der Waals surface area contributed by atoms with Crippen LogP contribution in [-0.4, -0.2) is 48.4 Å². The topological polar surface area (TPSA) is 65.6 Å². The van der Waals surface area contributed by atoms with Gasteiger partial charge in [0.05, 0.1) is 7.11 Å². The van der Waals surface area contributed by atoms with E-state index in [0.717, 1.165) is 49.1 Å². The number of anilines is 3. The van der Waals surface area contributed by atoms with E-state index in [1.807, 2.05) is 24.3 Å². The minimum Gasteiger partial charge on any atom is -0.497 e. The van der Waals surface area contributed by atoms with E-state index < -0.39 is 0 Å². The van der Waals surface area contributed by atoms with Crippen molar-refractivity contribution in [1.29, 1.82) is 0 Å². The van der Waals surface area contributed by atoms with Crippen molar-refractivity contribution in [3.8, 4) is 5.75 Å². The van der Waals surface area contributed by atoms with Gasteiger partial charge in [-0.2, -0.15) is 9.97 Å². The highest BCUT2D eigenvalue weighted by atomic mass is 32.1. The summed E-state index contributed by atoms with van der Waals surface area (Å²) >= 11 is 5.57. The smallest absolute Gasteiger partial charge is 0.232 e. The molecule has 2 fully saturated rings. The zero-order chi connectivity index (χ0) is 23.2. The van der Waals surface area contributed by atoms with Gasteiger partial charge in [-0.25, -0.2) is 0 Å². The Morgan fingerprint density at radius 2 is 1.58 bits per heavy atom. The Bertz CT molecular complexity index is 897. The summed E-state index contributed by atoms with van der Waals surface area (Å²) in [5.41, 5.74) is 1.12. The van der Waals surface area contributed by atoms with Crippen LogP contribution in [0.5, 0.6) is 5.75 Å². The largest absolute Gasteiger partial charge is 0.497 e. The fourth-order valence-corrected chi connectivity index (χ4v) is 4.83. The molecule has 4 rings (SSSR count). The van der Waals surface area contributed by atoms with E-state index in [-0.39, 0.29) is 0 Å². The summed E-state index contributed by atoms with van der Waals surface area (Å²) in [5, 5.41) is 7.03. The summed E-state index contributed by atoms with van der Waals surface area (Å²) < 4.78 is 5.23. The molecule has 2 aromatic rings. The number of nitrogens with zero attached hydrogens (tertiary/aromatic N) is 4. The molecule has 0 unspecified atom stereocenters. The maximum Gasteiger partial charge on any atom is 0.232 e. The second-order valence-corrected chi connectivity index (χ2v) is 9.86.